The third kappa shape index (κ3) is 5.56. The van der Waals surface area contributed by atoms with Gasteiger partial charge in [0.15, 0.2) is 0 Å². The molecule has 0 saturated heterocycles. The fraction of sp³-hybridized carbons (Fsp3) is 0.269. The highest BCUT2D eigenvalue weighted by Gasteiger charge is 2.43. The number of ether oxygens (including phenoxy) is 2. The van der Waals surface area contributed by atoms with Crippen LogP contribution in [0.2, 0.25) is 0 Å². The van der Waals surface area contributed by atoms with Crippen LogP contribution in [-0.2, 0) is 0 Å². The first-order valence-corrected chi connectivity index (χ1v) is 11.3. The van der Waals surface area contributed by atoms with Gasteiger partial charge in [-0.1, -0.05) is 6.92 Å². The third-order valence-electron chi connectivity index (χ3n) is 6.00. The number of carbonyl (C=O) groups excluding carboxylic acids is 1. The summed E-state index contributed by atoms with van der Waals surface area (Å²) in [6, 6.07) is 10.8. The van der Waals surface area contributed by atoms with Crippen LogP contribution in [0.1, 0.15) is 40.4 Å². The summed E-state index contributed by atoms with van der Waals surface area (Å²) >= 11 is 0. The molecule has 0 aliphatic carbocycles. The molecule has 1 amide bonds. The lowest BCUT2D eigenvalue weighted by atomic mass is 9.95. The summed E-state index contributed by atoms with van der Waals surface area (Å²) in [4.78, 5) is 20.8. The molecule has 1 aliphatic rings. The van der Waals surface area contributed by atoms with Gasteiger partial charge in [-0.15, -0.1) is 0 Å². The van der Waals surface area contributed by atoms with Crippen LogP contribution >= 0.6 is 0 Å². The average molecular weight is 516 g/mol. The van der Waals surface area contributed by atoms with E-state index >= 15 is 0 Å². The van der Waals surface area contributed by atoms with Gasteiger partial charge in [0.2, 0.25) is 0 Å². The van der Waals surface area contributed by atoms with E-state index in [1.165, 1.54) is 48.5 Å². The minimum Gasteiger partial charge on any atom is -0.490 e. The highest BCUT2D eigenvalue weighted by molar-refractivity contribution is 5.95. The smallest absolute Gasteiger partial charge is 0.398 e. The highest BCUT2D eigenvalue weighted by Crippen LogP contribution is 2.44. The Hall–Kier alpha value is -3.99. The van der Waals surface area contributed by atoms with Crippen LogP contribution in [0.4, 0.5) is 23.2 Å². The van der Waals surface area contributed by atoms with Crippen molar-refractivity contribution in [3.8, 4) is 22.8 Å². The molecule has 3 N–H and O–H groups in total. The van der Waals surface area contributed by atoms with Crippen LogP contribution < -0.4 is 20.5 Å². The lowest BCUT2D eigenvalue weighted by Gasteiger charge is -2.22. The fourth-order valence-corrected chi connectivity index (χ4v) is 4.05. The van der Waals surface area contributed by atoms with E-state index in [1.54, 1.807) is 0 Å². The molecule has 0 bridgehead atoms. The van der Waals surface area contributed by atoms with Gasteiger partial charge in [-0.2, -0.15) is 13.2 Å². The number of carbonyl (C=O) groups is 1. The Morgan fingerprint density at radius 1 is 1.27 bits per heavy atom. The van der Waals surface area contributed by atoms with Crippen molar-refractivity contribution >= 4 is 18.3 Å². The molecule has 0 spiro atoms. The number of nitrogens with one attached hydrogen (secondary N) is 1. The van der Waals surface area contributed by atoms with Gasteiger partial charge in [-0.25, -0.2) is 9.37 Å². The molecule has 2 atom stereocenters. The Balaban J connectivity index is 1.66. The molecule has 11 heteroatoms. The third-order valence-corrected chi connectivity index (χ3v) is 6.00. The summed E-state index contributed by atoms with van der Waals surface area (Å²) in [6.45, 7) is 4.63. The van der Waals surface area contributed by atoms with E-state index < -0.39 is 30.4 Å². The van der Waals surface area contributed by atoms with E-state index in [9.17, 15) is 22.4 Å². The molecule has 3 aromatic rings. The van der Waals surface area contributed by atoms with E-state index in [2.05, 4.69) is 22.0 Å². The first kappa shape index (κ1) is 26.1. The standard InChI is InChI=1S/C26H24F4N4O3/c1-14-12-36-24-18(14)10-20(34-23(24)15-3-6-17(27)7-4-15)19(26(28,29)30)11-33-25(35)16-5-8-22(37-13-31)21(9-16)32-2/h3-10,14,19H,2,11-13,31H2,1H3,(H,33,35). The Morgan fingerprint density at radius 2 is 2.00 bits per heavy atom. The van der Waals surface area contributed by atoms with E-state index in [0.29, 0.717) is 16.9 Å². The monoisotopic (exact) mass is 516 g/mol. The zero-order chi connectivity index (χ0) is 26.7. The Bertz CT molecular complexity index is 1310. The average Bonchev–Trinajstić information content (AvgIpc) is 3.24. The quantitative estimate of drug-likeness (QED) is 0.247. The summed E-state index contributed by atoms with van der Waals surface area (Å²) in [5, 5.41) is 2.35. The van der Waals surface area contributed by atoms with E-state index in [-0.39, 0.29) is 47.6 Å². The first-order chi connectivity index (χ1) is 17.6. The molecular weight excluding hydrogens is 492 g/mol. The Labute approximate surface area is 210 Å². The number of pyridine rings is 1. The van der Waals surface area contributed by atoms with Crippen LogP contribution in [0, 0.1) is 5.82 Å². The topological polar surface area (TPSA) is 98.8 Å². The Kier molecular flexibility index (Phi) is 7.44. The number of rotatable bonds is 8. The van der Waals surface area contributed by atoms with Gasteiger partial charge in [0.25, 0.3) is 5.91 Å². The minimum absolute atomic E-state index is 0.0728. The molecule has 7 nitrogen and oxygen atoms in total. The normalized spacial score (nSPS) is 15.5. The molecule has 194 valence electrons. The highest BCUT2D eigenvalue weighted by atomic mass is 19.4. The molecule has 1 aromatic heterocycles. The van der Waals surface area contributed by atoms with Crippen LogP contribution in [0.3, 0.4) is 0 Å². The maximum Gasteiger partial charge on any atom is 0.398 e. The summed E-state index contributed by atoms with van der Waals surface area (Å²) in [5.74, 6) is -2.84. The molecule has 4 rings (SSSR count). The number of aliphatic imine (C=N–C) groups is 1. The van der Waals surface area contributed by atoms with Crippen LogP contribution in [-0.4, -0.2) is 43.7 Å². The van der Waals surface area contributed by atoms with Crippen molar-refractivity contribution in [1.82, 2.24) is 10.3 Å². The molecule has 2 heterocycles. The molecule has 37 heavy (non-hydrogen) atoms. The zero-order valence-corrected chi connectivity index (χ0v) is 19.8. The van der Waals surface area contributed by atoms with Gasteiger partial charge in [-0.05, 0) is 55.2 Å². The van der Waals surface area contributed by atoms with E-state index in [4.69, 9.17) is 15.2 Å². The van der Waals surface area contributed by atoms with Crippen molar-refractivity contribution in [1.29, 1.82) is 0 Å². The number of hydrogen-bond acceptors (Lipinski definition) is 6. The summed E-state index contributed by atoms with van der Waals surface area (Å²) in [5.41, 5.74) is 6.56. The van der Waals surface area contributed by atoms with Gasteiger partial charge in [-0.3, -0.25) is 15.5 Å². The number of nitrogens with zero attached hydrogens (tertiary/aromatic N) is 2. The van der Waals surface area contributed by atoms with Gasteiger partial charge in [0.05, 0.1) is 12.3 Å². The van der Waals surface area contributed by atoms with E-state index in [0.717, 1.165) is 0 Å². The maximum atomic E-state index is 14.2. The molecule has 0 radical (unpaired) electrons. The van der Waals surface area contributed by atoms with Gasteiger partial charge in [0, 0.05) is 29.2 Å². The second kappa shape index (κ2) is 10.6. The number of hydrogen-bond donors (Lipinski definition) is 2. The molecule has 1 aliphatic heterocycles. The first-order valence-electron chi connectivity index (χ1n) is 11.3. The van der Waals surface area contributed by atoms with Crippen LogP contribution in [0.25, 0.3) is 11.3 Å². The van der Waals surface area contributed by atoms with Gasteiger partial charge in [0.1, 0.15) is 41.3 Å². The second-order valence-corrected chi connectivity index (χ2v) is 8.49. The molecular formula is C26H24F4N4O3. The van der Waals surface area contributed by atoms with Crippen molar-refractivity contribution < 1.29 is 31.8 Å². The van der Waals surface area contributed by atoms with Crippen LogP contribution in [0.5, 0.6) is 11.5 Å². The lowest BCUT2D eigenvalue weighted by Crippen LogP contribution is -2.35. The molecule has 2 aromatic carbocycles. The molecule has 2 unspecified atom stereocenters. The number of halogens is 4. The zero-order valence-electron chi connectivity index (χ0n) is 19.8. The Morgan fingerprint density at radius 3 is 2.65 bits per heavy atom. The fourth-order valence-electron chi connectivity index (χ4n) is 4.05. The largest absolute Gasteiger partial charge is 0.490 e. The van der Waals surface area contributed by atoms with Crippen molar-refractivity contribution in [3.63, 3.8) is 0 Å². The number of nitrogens with two attached hydrogens (primary N) is 1. The number of aromatic nitrogens is 1. The summed E-state index contributed by atoms with van der Waals surface area (Å²) in [7, 11) is 0. The van der Waals surface area contributed by atoms with Crippen LogP contribution in [0.15, 0.2) is 53.5 Å². The maximum absolute atomic E-state index is 14.2. The summed E-state index contributed by atoms with van der Waals surface area (Å²) in [6.07, 6.45) is -4.72. The number of fused-ring (bicyclic) bond motifs is 1. The number of benzene rings is 2. The SMILES string of the molecule is C=Nc1cc(C(=O)NCC(c2cc3c(c(-c4ccc(F)cc4)n2)OCC3C)C(F)(F)F)ccc1OCN. The predicted octanol–water partition coefficient (Wildman–Crippen LogP) is 5.09. The number of amides is 1. The second-order valence-electron chi connectivity index (χ2n) is 8.49. The van der Waals surface area contributed by atoms with Crippen molar-refractivity contribution in [3.05, 3.63) is 71.2 Å². The van der Waals surface area contributed by atoms with Crippen molar-refractivity contribution in [2.24, 2.45) is 10.7 Å². The minimum atomic E-state index is -4.72. The molecule has 0 fully saturated rings. The number of alkyl halides is 3. The summed E-state index contributed by atoms with van der Waals surface area (Å²) < 4.78 is 67.0. The van der Waals surface area contributed by atoms with Gasteiger partial charge >= 0.3 is 6.18 Å². The van der Waals surface area contributed by atoms with Crippen molar-refractivity contribution in [2.75, 3.05) is 19.9 Å². The molecule has 0 saturated carbocycles. The van der Waals surface area contributed by atoms with Gasteiger partial charge < -0.3 is 14.8 Å². The predicted molar refractivity (Wildman–Crippen MR) is 130 cm³/mol. The van der Waals surface area contributed by atoms with E-state index in [1.807, 2.05) is 6.92 Å². The van der Waals surface area contributed by atoms with Crippen molar-refractivity contribution in [2.45, 2.75) is 24.9 Å². The lowest BCUT2D eigenvalue weighted by molar-refractivity contribution is -0.149.